The van der Waals surface area contributed by atoms with Gasteiger partial charge in [-0.15, -0.1) is 11.3 Å². The molecule has 1 N–H and O–H groups in total. The molecule has 0 saturated carbocycles. The number of fused-ring (bicyclic) bond motifs is 1. The third kappa shape index (κ3) is 3.11. The summed E-state index contributed by atoms with van der Waals surface area (Å²) >= 11 is 1.45. The number of hydrogen-bond acceptors (Lipinski definition) is 5. The van der Waals surface area contributed by atoms with Crippen molar-refractivity contribution in [3.8, 4) is 0 Å². The highest BCUT2D eigenvalue weighted by Crippen LogP contribution is 2.28. The Morgan fingerprint density at radius 1 is 1.22 bits per heavy atom. The average molecular weight is 346 g/mol. The number of carbonyl (C=O) groups is 1. The van der Waals surface area contributed by atoms with Crippen molar-refractivity contribution in [3.63, 3.8) is 0 Å². The summed E-state index contributed by atoms with van der Waals surface area (Å²) < 4.78 is 23.6. The van der Waals surface area contributed by atoms with E-state index in [1.165, 1.54) is 35.6 Å². The molecule has 23 heavy (non-hydrogen) atoms. The molecule has 0 aliphatic carbocycles. The van der Waals surface area contributed by atoms with Gasteiger partial charge in [0, 0.05) is 22.5 Å². The van der Waals surface area contributed by atoms with Gasteiger partial charge in [-0.25, -0.2) is 13.4 Å². The van der Waals surface area contributed by atoms with Gasteiger partial charge in [0.25, 0.3) is 5.91 Å². The average Bonchev–Trinajstić information content (AvgIpc) is 2.98. The van der Waals surface area contributed by atoms with Crippen LogP contribution in [0.4, 0.5) is 5.69 Å². The van der Waals surface area contributed by atoms with Crippen molar-refractivity contribution >= 4 is 43.0 Å². The number of thiophene rings is 1. The molecule has 0 aliphatic heterocycles. The molecule has 3 aromatic rings. The summed E-state index contributed by atoms with van der Waals surface area (Å²) in [5.41, 5.74) is 1.11. The van der Waals surface area contributed by atoms with E-state index in [2.05, 4.69) is 10.3 Å². The van der Waals surface area contributed by atoms with E-state index in [9.17, 15) is 13.2 Å². The Labute approximate surface area is 137 Å². The van der Waals surface area contributed by atoms with Crippen LogP contribution in [0.5, 0.6) is 0 Å². The fourth-order valence-corrected chi connectivity index (χ4v) is 3.87. The van der Waals surface area contributed by atoms with E-state index in [1.807, 2.05) is 17.5 Å². The number of amides is 1. The lowest BCUT2D eigenvalue weighted by molar-refractivity contribution is 0.102. The molecule has 118 valence electrons. The van der Waals surface area contributed by atoms with Crippen molar-refractivity contribution in [2.24, 2.45) is 0 Å². The van der Waals surface area contributed by atoms with Crippen molar-refractivity contribution in [3.05, 3.63) is 53.5 Å². The minimum atomic E-state index is -3.26. The number of sulfone groups is 1. The molecule has 2 heterocycles. The molecule has 2 aromatic heterocycles. The van der Waals surface area contributed by atoms with E-state index in [0.717, 1.165) is 10.2 Å². The van der Waals surface area contributed by atoms with Gasteiger partial charge in [0.15, 0.2) is 9.84 Å². The number of nitrogens with zero attached hydrogens (tertiary/aromatic N) is 1. The molecule has 0 spiro atoms. The number of aromatic nitrogens is 1. The molecule has 0 radical (unpaired) electrons. The molecule has 3 rings (SSSR count). The zero-order valence-electron chi connectivity index (χ0n) is 12.3. The van der Waals surface area contributed by atoms with Gasteiger partial charge in [0.1, 0.15) is 4.83 Å². The monoisotopic (exact) mass is 346 g/mol. The third-order valence-electron chi connectivity index (χ3n) is 3.45. The van der Waals surface area contributed by atoms with E-state index in [0.29, 0.717) is 11.3 Å². The van der Waals surface area contributed by atoms with Crippen LogP contribution >= 0.6 is 11.3 Å². The molecule has 0 atom stereocenters. The van der Waals surface area contributed by atoms with Gasteiger partial charge < -0.3 is 5.32 Å². The van der Waals surface area contributed by atoms with Gasteiger partial charge >= 0.3 is 0 Å². The van der Waals surface area contributed by atoms with Crippen molar-refractivity contribution in [1.29, 1.82) is 0 Å². The summed E-state index contributed by atoms with van der Waals surface area (Å²) in [7, 11) is -3.26. The Kier molecular flexibility index (Phi) is 4.14. The van der Waals surface area contributed by atoms with Gasteiger partial charge in [-0.1, -0.05) is 6.92 Å². The zero-order chi connectivity index (χ0) is 16.4. The second-order valence-electron chi connectivity index (χ2n) is 4.89. The summed E-state index contributed by atoms with van der Waals surface area (Å²) in [5, 5.41) is 5.56. The first-order valence-corrected chi connectivity index (χ1v) is 9.51. The van der Waals surface area contributed by atoms with Gasteiger partial charge in [-0.2, -0.15) is 0 Å². The van der Waals surface area contributed by atoms with E-state index >= 15 is 0 Å². The predicted molar refractivity (Wildman–Crippen MR) is 91.7 cm³/mol. The Morgan fingerprint density at radius 3 is 2.65 bits per heavy atom. The van der Waals surface area contributed by atoms with Gasteiger partial charge in [-0.3, -0.25) is 4.79 Å². The number of nitrogens with one attached hydrogen (secondary N) is 1. The molecule has 1 amide bonds. The third-order valence-corrected chi connectivity index (χ3v) is 6.11. The summed E-state index contributed by atoms with van der Waals surface area (Å²) in [5.74, 6) is -0.249. The van der Waals surface area contributed by atoms with Crippen LogP contribution in [-0.4, -0.2) is 25.1 Å². The number of hydrogen-bond donors (Lipinski definition) is 1. The standard InChI is InChI=1S/C16H14N2O3S2/c1-2-23(20,21)12-7-5-11(6-8-12)15(19)18-14-10-22-16-13(14)4-3-9-17-16/h3-10H,2H2,1H3,(H,18,19). The lowest BCUT2D eigenvalue weighted by Gasteiger charge is -2.05. The van der Waals surface area contributed by atoms with Crippen molar-refractivity contribution in [1.82, 2.24) is 4.98 Å². The van der Waals surface area contributed by atoms with E-state index < -0.39 is 9.84 Å². The lowest BCUT2D eigenvalue weighted by Crippen LogP contribution is -2.12. The minimum Gasteiger partial charge on any atom is -0.321 e. The Morgan fingerprint density at radius 2 is 1.96 bits per heavy atom. The van der Waals surface area contributed by atoms with E-state index in [-0.39, 0.29) is 16.6 Å². The van der Waals surface area contributed by atoms with Crippen LogP contribution in [-0.2, 0) is 9.84 Å². The smallest absolute Gasteiger partial charge is 0.255 e. The van der Waals surface area contributed by atoms with Gasteiger partial charge in [0.2, 0.25) is 0 Å². The van der Waals surface area contributed by atoms with Crippen LogP contribution in [0.3, 0.4) is 0 Å². The lowest BCUT2D eigenvalue weighted by atomic mass is 10.2. The molecular formula is C16H14N2O3S2. The molecule has 1 aromatic carbocycles. The molecule has 0 unspecified atom stereocenters. The minimum absolute atomic E-state index is 0.0342. The predicted octanol–water partition coefficient (Wildman–Crippen LogP) is 3.34. The summed E-state index contributed by atoms with van der Waals surface area (Å²) in [4.78, 5) is 17.6. The SMILES string of the molecule is CCS(=O)(=O)c1ccc(C(=O)Nc2csc3ncccc23)cc1. The van der Waals surface area contributed by atoms with Crippen LogP contribution in [0.2, 0.25) is 0 Å². The first-order valence-electron chi connectivity index (χ1n) is 6.97. The molecular weight excluding hydrogens is 332 g/mol. The Balaban J connectivity index is 1.84. The van der Waals surface area contributed by atoms with Crippen LogP contribution < -0.4 is 5.32 Å². The second kappa shape index (κ2) is 6.10. The molecule has 0 fully saturated rings. The highest BCUT2D eigenvalue weighted by atomic mass is 32.2. The van der Waals surface area contributed by atoms with Crippen LogP contribution in [0.15, 0.2) is 52.9 Å². The summed E-state index contributed by atoms with van der Waals surface area (Å²) in [6.45, 7) is 1.59. The number of carbonyl (C=O) groups excluding carboxylic acids is 1. The fraction of sp³-hybridized carbons (Fsp3) is 0.125. The zero-order valence-corrected chi connectivity index (χ0v) is 13.9. The first-order chi connectivity index (χ1) is 11.0. The maximum atomic E-state index is 12.3. The Bertz CT molecular complexity index is 960. The molecule has 0 saturated heterocycles. The highest BCUT2D eigenvalue weighted by Gasteiger charge is 2.14. The summed E-state index contributed by atoms with van der Waals surface area (Å²) in [6, 6.07) is 9.66. The van der Waals surface area contributed by atoms with Crippen LogP contribution in [0.1, 0.15) is 17.3 Å². The first kappa shape index (κ1) is 15.6. The molecule has 0 bridgehead atoms. The van der Waals surface area contributed by atoms with E-state index in [1.54, 1.807) is 13.1 Å². The maximum absolute atomic E-state index is 12.3. The second-order valence-corrected chi connectivity index (χ2v) is 8.02. The summed E-state index contributed by atoms with van der Waals surface area (Å²) in [6.07, 6.45) is 1.71. The highest BCUT2D eigenvalue weighted by molar-refractivity contribution is 7.91. The maximum Gasteiger partial charge on any atom is 0.255 e. The largest absolute Gasteiger partial charge is 0.321 e. The van der Waals surface area contributed by atoms with Gasteiger partial charge in [0.05, 0.1) is 16.3 Å². The number of pyridine rings is 1. The van der Waals surface area contributed by atoms with Gasteiger partial charge in [-0.05, 0) is 36.4 Å². The quantitative estimate of drug-likeness (QED) is 0.786. The van der Waals surface area contributed by atoms with E-state index in [4.69, 9.17) is 0 Å². The van der Waals surface area contributed by atoms with Crippen LogP contribution in [0.25, 0.3) is 10.2 Å². The number of benzene rings is 1. The molecule has 7 heteroatoms. The van der Waals surface area contributed by atoms with Crippen molar-refractivity contribution < 1.29 is 13.2 Å². The molecule has 5 nitrogen and oxygen atoms in total. The normalized spacial score (nSPS) is 11.5. The van der Waals surface area contributed by atoms with Crippen molar-refractivity contribution in [2.75, 3.05) is 11.1 Å². The topological polar surface area (TPSA) is 76.1 Å². The molecule has 0 aliphatic rings. The van der Waals surface area contributed by atoms with Crippen LogP contribution in [0, 0.1) is 0 Å². The van der Waals surface area contributed by atoms with Crippen molar-refractivity contribution in [2.45, 2.75) is 11.8 Å². The Hall–Kier alpha value is -2.25. The fourth-order valence-electron chi connectivity index (χ4n) is 2.14. The number of anilines is 1. The number of rotatable bonds is 4.